The molecule has 112 valence electrons. The zero-order chi connectivity index (χ0) is 14.6. The molecule has 0 aromatic rings. The Hall–Kier alpha value is -0.640. The van der Waals surface area contributed by atoms with Crippen molar-refractivity contribution in [1.82, 2.24) is 0 Å². The summed E-state index contributed by atoms with van der Waals surface area (Å²) in [5, 5.41) is 20.1. The fourth-order valence-corrected chi connectivity index (χ4v) is 2.33. The molecule has 0 radical (unpaired) electrons. The number of aliphatic hydroxyl groups is 2. The first-order valence-electron chi connectivity index (χ1n) is 7.40. The van der Waals surface area contributed by atoms with Gasteiger partial charge in [0.15, 0.2) is 0 Å². The predicted octanol–water partition coefficient (Wildman–Crippen LogP) is 2.92. The van der Waals surface area contributed by atoms with Gasteiger partial charge in [0.1, 0.15) is 0 Å². The molecule has 0 saturated carbocycles. The normalized spacial score (nSPS) is 13.2. The number of rotatable bonds is 13. The van der Waals surface area contributed by atoms with E-state index in [1.54, 1.807) is 12.2 Å². The summed E-state index contributed by atoms with van der Waals surface area (Å²) in [7, 11) is 0. The zero-order valence-corrected chi connectivity index (χ0v) is 12.2. The fourth-order valence-electron chi connectivity index (χ4n) is 2.33. The minimum atomic E-state index is -0.700. The third kappa shape index (κ3) is 9.88. The number of unbranched alkanes of at least 4 members (excludes halogenated alkanes) is 2. The van der Waals surface area contributed by atoms with E-state index in [0.29, 0.717) is 19.4 Å². The lowest BCUT2D eigenvalue weighted by molar-refractivity contribution is 0.0334. The second-order valence-electron chi connectivity index (χ2n) is 5.39. The van der Waals surface area contributed by atoms with E-state index in [9.17, 15) is 10.2 Å². The van der Waals surface area contributed by atoms with Crippen LogP contribution in [0.25, 0.3) is 0 Å². The van der Waals surface area contributed by atoms with E-state index < -0.39 is 5.60 Å². The summed E-state index contributed by atoms with van der Waals surface area (Å²) in [5.41, 5.74) is 4.72. The van der Waals surface area contributed by atoms with Gasteiger partial charge in [0.25, 0.3) is 0 Å². The van der Waals surface area contributed by atoms with Gasteiger partial charge in [0.05, 0.1) is 11.7 Å². The molecule has 0 rings (SSSR count). The molecule has 0 aromatic carbocycles. The molecule has 0 spiro atoms. The third-order valence-electron chi connectivity index (χ3n) is 3.47. The summed E-state index contributed by atoms with van der Waals surface area (Å²) < 4.78 is 0. The maximum absolute atomic E-state index is 10.3. The van der Waals surface area contributed by atoms with Gasteiger partial charge in [-0.25, -0.2) is 0 Å². The number of aliphatic hydroxyl groups excluding tert-OH is 1. The van der Waals surface area contributed by atoms with Gasteiger partial charge < -0.3 is 15.9 Å². The molecule has 0 bridgehead atoms. The highest BCUT2D eigenvalue weighted by molar-refractivity contribution is 4.91. The predicted molar refractivity (Wildman–Crippen MR) is 82.0 cm³/mol. The monoisotopic (exact) mass is 269 g/mol. The van der Waals surface area contributed by atoms with E-state index in [4.69, 9.17) is 5.73 Å². The molecule has 0 aliphatic heterocycles. The average Bonchev–Trinajstić information content (AvgIpc) is 2.36. The van der Waals surface area contributed by atoms with Crippen molar-refractivity contribution in [2.24, 2.45) is 5.73 Å². The van der Waals surface area contributed by atoms with Crippen LogP contribution in [0.15, 0.2) is 25.3 Å². The Morgan fingerprint density at radius 1 is 1.00 bits per heavy atom. The molecule has 3 heteroatoms. The molecule has 0 amide bonds. The molecule has 3 nitrogen and oxygen atoms in total. The highest BCUT2D eigenvalue weighted by atomic mass is 16.3. The van der Waals surface area contributed by atoms with Gasteiger partial charge in [-0.2, -0.15) is 0 Å². The molecule has 1 unspecified atom stereocenters. The van der Waals surface area contributed by atoms with E-state index >= 15 is 0 Å². The zero-order valence-electron chi connectivity index (χ0n) is 12.2. The topological polar surface area (TPSA) is 66.5 Å². The third-order valence-corrected chi connectivity index (χ3v) is 3.47. The Balaban J connectivity index is 3.75. The van der Waals surface area contributed by atoms with Crippen molar-refractivity contribution in [2.45, 2.75) is 69.5 Å². The van der Waals surface area contributed by atoms with Crippen LogP contribution in [0.2, 0.25) is 0 Å². The summed E-state index contributed by atoms with van der Waals surface area (Å²) in [4.78, 5) is 0. The summed E-state index contributed by atoms with van der Waals surface area (Å²) >= 11 is 0. The van der Waals surface area contributed by atoms with Crippen LogP contribution in [0.1, 0.15) is 57.8 Å². The number of hydrogen-bond donors (Lipinski definition) is 3. The lowest BCUT2D eigenvalue weighted by Gasteiger charge is -2.25. The van der Waals surface area contributed by atoms with Crippen LogP contribution in [0, 0.1) is 0 Å². The van der Waals surface area contributed by atoms with Gasteiger partial charge in [0, 0.05) is 0 Å². The Kier molecular flexibility index (Phi) is 10.8. The van der Waals surface area contributed by atoms with Crippen molar-refractivity contribution < 1.29 is 10.2 Å². The molecule has 0 saturated heterocycles. The van der Waals surface area contributed by atoms with E-state index in [1.165, 1.54) is 0 Å². The van der Waals surface area contributed by atoms with Crippen LogP contribution in [0.3, 0.4) is 0 Å². The lowest BCUT2D eigenvalue weighted by Crippen LogP contribution is -2.27. The van der Waals surface area contributed by atoms with Crippen molar-refractivity contribution in [1.29, 1.82) is 0 Å². The smallest absolute Gasteiger partial charge is 0.0716 e. The maximum Gasteiger partial charge on any atom is 0.0716 e. The molecule has 0 aliphatic rings. The van der Waals surface area contributed by atoms with Crippen LogP contribution >= 0.6 is 0 Å². The lowest BCUT2D eigenvalue weighted by atomic mass is 9.89. The standard InChI is InChI=1S/C16H31NO2/c1-3-11-16(19,12-4-2)13-7-5-9-15(18)10-6-8-14-17/h3-4,15,18-19H,1-2,5-14,17H2. The van der Waals surface area contributed by atoms with Crippen molar-refractivity contribution in [3.8, 4) is 0 Å². The van der Waals surface area contributed by atoms with Crippen LogP contribution in [0.4, 0.5) is 0 Å². The van der Waals surface area contributed by atoms with Gasteiger partial charge >= 0.3 is 0 Å². The largest absolute Gasteiger partial charge is 0.393 e. The van der Waals surface area contributed by atoms with Crippen molar-refractivity contribution in [2.75, 3.05) is 6.54 Å². The first kappa shape index (κ1) is 18.4. The molecular formula is C16H31NO2. The van der Waals surface area contributed by atoms with E-state index in [-0.39, 0.29) is 6.10 Å². The molecule has 0 heterocycles. The summed E-state index contributed by atoms with van der Waals surface area (Å²) in [6, 6.07) is 0. The summed E-state index contributed by atoms with van der Waals surface area (Å²) in [6.07, 6.45) is 10.7. The van der Waals surface area contributed by atoms with Gasteiger partial charge in [-0.3, -0.25) is 0 Å². The van der Waals surface area contributed by atoms with Gasteiger partial charge in [-0.05, 0) is 51.5 Å². The molecule has 0 fully saturated rings. The Morgan fingerprint density at radius 2 is 1.53 bits per heavy atom. The minimum absolute atomic E-state index is 0.224. The van der Waals surface area contributed by atoms with Gasteiger partial charge in [-0.1, -0.05) is 25.0 Å². The second-order valence-corrected chi connectivity index (χ2v) is 5.39. The van der Waals surface area contributed by atoms with E-state index in [1.807, 2.05) is 0 Å². The highest BCUT2D eigenvalue weighted by Crippen LogP contribution is 2.24. The first-order valence-corrected chi connectivity index (χ1v) is 7.40. The van der Waals surface area contributed by atoms with Crippen molar-refractivity contribution in [3.63, 3.8) is 0 Å². The maximum atomic E-state index is 10.3. The first-order chi connectivity index (χ1) is 9.08. The number of nitrogens with two attached hydrogens (primary N) is 1. The van der Waals surface area contributed by atoms with Crippen LogP contribution in [0.5, 0.6) is 0 Å². The summed E-state index contributed by atoms with van der Waals surface area (Å²) in [5.74, 6) is 0. The Bertz CT molecular complexity index is 231. The SMILES string of the molecule is C=CCC(O)(CC=C)CCCCC(O)CCCCN. The fraction of sp³-hybridized carbons (Fsp3) is 0.750. The van der Waals surface area contributed by atoms with Crippen molar-refractivity contribution >= 4 is 0 Å². The van der Waals surface area contributed by atoms with Crippen molar-refractivity contribution in [3.05, 3.63) is 25.3 Å². The number of hydrogen-bond acceptors (Lipinski definition) is 3. The van der Waals surface area contributed by atoms with Crippen LogP contribution < -0.4 is 5.73 Å². The molecule has 4 N–H and O–H groups in total. The molecular weight excluding hydrogens is 238 g/mol. The average molecular weight is 269 g/mol. The molecule has 19 heavy (non-hydrogen) atoms. The van der Waals surface area contributed by atoms with E-state index in [0.717, 1.165) is 44.9 Å². The van der Waals surface area contributed by atoms with Crippen LogP contribution in [-0.2, 0) is 0 Å². The van der Waals surface area contributed by atoms with Crippen LogP contribution in [-0.4, -0.2) is 28.5 Å². The Morgan fingerprint density at radius 3 is 2.00 bits per heavy atom. The van der Waals surface area contributed by atoms with E-state index in [2.05, 4.69) is 13.2 Å². The molecule has 0 aliphatic carbocycles. The minimum Gasteiger partial charge on any atom is -0.393 e. The highest BCUT2D eigenvalue weighted by Gasteiger charge is 2.22. The quantitative estimate of drug-likeness (QED) is 0.356. The second kappa shape index (κ2) is 11.2. The van der Waals surface area contributed by atoms with Gasteiger partial charge in [0.2, 0.25) is 0 Å². The molecule has 1 atom stereocenters. The summed E-state index contributed by atoms with van der Waals surface area (Å²) in [6.45, 7) is 8.06. The molecule has 0 aromatic heterocycles. The van der Waals surface area contributed by atoms with Gasteiger partial charge in [-0.15, -0.1) is 13.2 Å². The Labute approximate surface area is 118 Å².